The summed E-state index contributed by atoms with van der Waals surface area (Å²) in [6.07, 6.45) is 3.01. The van der Waals surface area contributed by atoms with Crippen LogP contribution in [0.4, 0.5) is 0 Å². The summed E-state index contributed by atoms with van der Waals surface area (Å²) in [7, 11) is 0. The lowest BCUT2D eigenvalue weighted by Crippen LogP contribution is -2.32. The normalized spacial score (nSPS) is 13.7. The van der Waals surface area contributed by atoms with Gasteiger partial charge in [-0.05, 0) is 25.1 Å². The molecule has 24 heavy (non-hydrogen) atoms. The van der Waals surface area contributed by atoms with Gasteiger partial charge >= 0.3 is 5.97 Å². The molecule has 1 N–H and O–H groups in total. The molecule has 1 aromatic carbocycles. The van der Waals surface area contributed by atoms with Crippen molar-refractivity contribution in [2.75, 3.05) is 26.2 Å². The van der Waals surface area contributed by atoms with Crippen molar-refractivity contribution >= 4 is 5.97 Å². The SMILES string of the molecule is CCCCCC(O)C(C(=O)OCCN(CC)CC)c1ccccc1. The second-order valence-electron chi connectivity index (χ2n) is 6.15. The minimum atomic E-state index is -0.695. The molecule has 0 amide bonds. The first kappa shape index (κ1) is 20.7. The highest BCUT2D eigenvalue weighted by atomic mass is 16.5. The molecular formula is C20H33NO3. The first-order chi connectivity index (χ1) is 11.6. The maximum atomic E-state index is 12.6. The van der Waals surface area contributed by atoms with E-state index >= 15 is 0 Å². The number of nitrogens with zero attached hydrogens (tertiary/aromatic N) is 1. The highest BCUT2D eigenvalue weighted by Crippen LogP contribution is 2.25. The fraction of sp³-hybridized carbons (Fsp3) is 0.650. The van der Waals surface area contributed by atoms with E-state index in [2.05, 4.69) is 25.7 Å². The molecule has 0 aliphatic carbocycles. The van der Waals surface area contributed by atoms with Crippen LogP contribution < -0.4 is 0 Å². The van der Waals surface area contributed by atoms with Gasteiger partial charge in [0.15, 0.2) is 0 Å². The van der Waals surface area contributed by atoms with Gasteiger partial charge in [-0.2, -0.15) is 0 Å². The van der Waals surface area contributed by atoms with Crippen LogP contribution in [0.15, 0.2) is 30.3 Å². The predicted octanol–water partition coefficient (Wildman–Crippen LogP) is 3.60. The zero-order valence-electron chi connectivity index (χ0n) is 15.4. The van der Waals surface area contributed by atoms with E-state index in [-0.39, 0.29) is 5.97 Å². The highest BCUT2D eigenvalue weighted by molar-refractivity contribution is 5.79. The van der Waals surface area contributed by atoms with Crippen LogP contribution in [-0.4, -0.2) is 48.3 Å². The Hall–Kier alpha value is -1.39. The molecule has 0 aromatic heterocycles. The lowest BCUT2D eigenvalue weighted by atomic mass is 9.90. The van der Waals surface area contributed by atoms with Gasteiger partial charge in [-0.15, -0.1) is 0 Å². The van der Waals surface area contributed by atoms with Gasteiger partial charge in [-0.3, -0.25) is 4.79 Å². The zero-order chi connectivity index (χ0) is 17.8. The first-order valence-electron chi connectivity index (χ1n) is 9.25. The highest BCUT2D eigenvalue weighted by Gasteiger charge is 2.29. The number of ether oxygens (including phenoxy) is 1. The van der Waals surface area contributed by atoms with E-state index in [1.54, 1.807) is 0 Å². The summed E-state index contributed by atoms with van der Waals surface area (Å²) < 4.78 is 5.48. The number of aliphatic hydroxyl groups excluding tert-OH is 1. The van der Waals surface area contributed by atoms with Gasteiger partial charge in [0.1, 0.15) is 12.5 Å². The Balaban J connectivity index is 2.68. The maximum absolute atomic E-state index is 12.6. The lowest BCUT2D eigenvalue weighted by Gasteiger charge is -2.23. The van der Waals surface area contributed by atoms with Crippen molar-refractivity contribution in [3.05, 3.63) is 35.9 Å². The Morgan fingerprint density at radius 3 is 2.38 bits per heavy atom. The third kappa shape index (κ3) is 7.02. The second kappa shape index (κ2) is 12.0. The number of aliphatic hydroxyl groups is 1. The molecule has 0 bridgehead atoms. The summed E-state index contributed by atoms with van der Waals surface area (Å²) >= 11 is 0. The van der Waals surface area contributed by atoms with Crippen LogP contribution in [0.25, 0.3) is 0 Å². The molecule has 0 radical (unpaired) electrons. The molecular weight excluding hydrogens is 302 g/mol. The van der Waals surface area contributed by atoms with E-state index < -0.39 is 12.0 Å². The Bertz CT molecular complexity index is 445. The third-order valence-electron chi connectivity index (χ3n) is 4.45. The largest absolute Gasteiger partial charge is 0.464 e. The molecule has 0 heterocycles. The molecule has 0 saturated heterocycles. The number of rotatable bonds is 12. The van der Waals surface area contributed by atoms with Crippen molar-refractivity contribution in [1.82, 2.24) is 4.90 Å². The molecule has 0 fully saturated rings. The topological polar surface area (TPSA) is 49.8 Å². The summed E-state index contributed by atoms with van der Waals surface area (Å²) in [4.78, 5) is 14.8. The van der Waals surface area contributed by atoms with Crippen molar-refractivity contribution in [3.63, 3.8) is 0 Å². The molecule has 4 heteroatoms. The average Bonchev–Trinajstić information content (AvgIpc) is 2.60. The number of benzene rings is 1. The van der Waals surface area contributed by atoms with E-state index in [9.17, 15) is 9.90 Å². The van der Waals surface area contributed by atoms with Crippen LogP contribution in [0.5, 0.6) is 0 Å². The Morgan fingerprint density at radius 2 is 1.79 bits per heavy atom. The van der Waals surface area contributed by atoms with Gasteiger partial charge in [0.25, 0.3) is 0 Å². The fourth-order valence-electron chi connectivity index (χ4n) is 2.85. The van der Waals surface area contributed by atoms with Gasteiger partial charge in [0, 0.05) is 6.54 Å². The summed E-state index contributed by atoms with van der Waals surface area (Å²) in [5.41, 5.74) is 0.828. The number of hydrogen-bond donors (Lipinski definition) is 1. The minimum absolute atomic E-state index is 0.322. The fourth-order valence-corrected chi connectivity index (χ4v) is 2.85. The van der Waals surface area contributed by atoms with E-state index in [0.29, 0.717) is 13.0 Å². The molecule has 4 nitrogen and oxygen atoms in total. The molecule has 0 aliphatic rings. The smallest absolute Gasteiger partial charge is 0.316 e. The van der Waals surface area contributed by atoms with Crippen molar-refractivity contribution in [1.29, 1.82) is 0 Å². The van der Waals surface area contributed by atoms with Crippen LogP contribution in [0.1, 0.15) is 57.9 Å². The van der Waals surface area contributed by atoms with Crippen molar-refractivity contribution < 1.29 is 14.6 Å². The number of unbranched alkanes of at least 4 members (excludes halogenated alkanes) is 2. The Morgan fingerprint density at radius 1 is 1.12 bits per heavy atom. The second-order valence-corrected chi connectivity index (χ2v) is 6.15. The van der Waals surface area contributed by atoms with E-state index in [1.165, 1.54) is 0 Å². The number of likely N-dealkylation sites (N-methyl/N-ethyl adjacent to an activating group) is 1. The van der Waals surface area contributed by atoms with Crippen molar-refractivity contribution in [2.45, 2.75) is 58.5 Å². The molecule has 0 spiro atoms. The average molecular weight is 335 g/mol. The lowest BCUT2D eigenvalue weighted by molar-refractivity contribution is -0.149. The van der Waals surface area contributed by atoms with Crippen LogP contribution in [0.3, 0.4) is 0 Å². The summed E-state index contributed by atoms with van der Waals surface area (Å²) in [6, 6.07) is 9.48. The number of hydrogen-bond acceptors (Lipinski definition) is 4. The van der Waals surface area contributed by atoms with Crippen LogP contribution in [-0.2, 0) is 9.53 Å². The van der Waals surface area contributed by atoms with E-state index in [4.69, 9.17) is 4.74 Å². The monoisotopic (exact) mass is 335 g/mol. The van der Waals surface area contributed by atoms with Gasteiger partial charge in [-0.25, -0.2) is 0 Å². The molecule has 0 saturated carbocycles. The van der Waals surface area contributed by atoms with Crippen LogP contribution in [0.2, 0.25) is 0 Å². The number of carbonyl (C=O) groups is 1. The van der Waals surface area contributed by atoms with Gasteiger partial charge < -0.3 is 14.7 Å². The van der Waals surface area contributed by atoms with Crippen molar-refractivity contribution in [3.8, 4) is 0 Å². The van der Waals surface area contributed by atoms with Gasteiger partial charge in [0.05, 0.1) is 6.10 Å². The Kier molecular flexibility index (Phi) is 10.4. The van der Waals surface area contributed by atoms with Gasteiger partial charge in [-0.1, -0.05) is 70.4 Å². The molecule has 2 unspecified atom stereocenters. The quantitative estimate of drug-likeness (QED) is 0.468. The summed E-state index contributed by atoms with van der Waals surface area (Å²) in [5, 5.41) is 10.5. The zero-order valence-corrected chi connectivity index (χ0v) is 15.4. The number of carbonyl (C=O) groups excluding carboxylic acids is 1. The maximum Gasteiger partial charge on any atom is 0.316 e. The van der Waals surface area contributed by atoms with E-state index in [1.807, 2.05) is 30.3 Å². The van der Waals surface area contributed by atoms with Crippen LogP contribution in [0, 0.1) is 0 Å². The molecule has 1 aromatic rings. The first-order valence-corrected chi connectivity index (χ1v) is 9.25. The van der Waals surface area contributed by atoms with Crippen molar-refractivity contribution in [2.24, 2.45) is 0 Å². The molecule has 136 valence electrons. The number of esters is 1. The third-order valence-corrected chi connectivity index (χ3v) is 4.45. The standard InChI is InChI=1S/C20H33NO3/c1-4-7-9-14-18(22)19(17-12-10-8-11-13-17)20(23)24-16-15-21(5-2)6-3/h8,10-13,18-19,22H,4-7,9,14-16H2,1-3H3. The molecule has 1 rings (SSSR count). The summed E-state index contributed by atoms with van der Waals surface area (Å²) in [5.74, 6) is -0.919. The Labute approximate surface area is 146 Å². The molecule has 2 atom stereocenters. The predicted molar refractivity (Wildman–Crippen MR) is 98.1 cm³/mol. The van der Waals surface area contributed by atoms with Gasteiger partial charge in [0.2, 0.25) is 0 Å². The van der Waals surface area contributed by atoms with E-state index in [0.717, 1.165) is 44.5 Å². The molecule has 0 aliphatic heterocycles. The van der Waals surface area contributed by atoms with Crippen LogP contribution >= 0.6 is 0 Å². The summed E-state index contributed by atoms with van der Waals surface area (Å²) in [6.45, 7) is 9.29. The minimum Gasteiger partial charge on any atom is -0.464 e.